The summed E-state index contributed by atoms with van der Waals surface area (Å²) >= 11 is 0. The van der Waals surface area contributed by atoms with Crippen molar-refractivity contribution in [2.24, 2.45) is 11.7 Å². The minimum Gasteiger partial charge on any atom is -0.369 e. The van der Waals surface area contributed by atoms with E-state index < -0.39 is 5.41 Å². The van der Waals surface area contributed by atoms with Crippen molar-refractivity contribution in [3.05, 3.63) is 41.7 Å². The van der Waals surface area contributed by atoms with Crippen LogP contribution in [-0.4, -0.2) is 35.4 Å². The van der Waals surface area contributed by atoms with Gasteiger partial charge in [-0.25, -0.2) is 0 Å². The Kier molecular flexibility index (Phi) is 4.83. The zero-order chi connectivity index (χ0) is 18.2. The Bertz CT molecular complexity index is 784. The fourth-order valence-electron chi connectivity index (χ4n) is 4.54. The van der Waals surface area contributed by atoms with Gasteiger partial charge in [0.2, 0.25) is 5.91 Å². The van der Waals surface area contributed by atoms with Gasteiger partial charge in [0.1, 0.15) is 0 Å². The Morgan fingerprint density at radius 2 is 1.96 bits per heavy atom. The fourth-order valence-corrected chi connectivity index (χ4v) is 4.54. The second-order valence-electron chi connectivity index (χ2n) is 7.98. The predicted octanol–water partition coefficient (Wildman–Crippen LogP) is 3.41. The molecule has 25 heavy (non-hydrogen) atoms. The standard InChI is InChI=1S/C21H29N3O/c1-14-13-23-19(16-10-6-5-9-15(14)16)21(2,3)18(20(22)25)17-11-7-8-12-24(17)4/h5-6,9-10,13,17-18H,7-8,11-12H2,1-4H3,(H2,22,25). The summed E-state index contributed by atoms with van der Waals surface area (Å²) in [6, 6.07) is 8.48. The van der Waals surface area contributed by atoms with Crippen molar-refractivity contribution in [1.82, 2.24) is 9.88 Å². The van der Waals surface area contributed by atoms with Gasteiger partial charge in [-0.15, -0.1) is 0 Å². The highest BCUT2D eigenvalue weighted by Gasteiger charge is 2.44. The summed E-state index contributed by atoms with van der Waals surface area (Å²) < 4.78 is 0. The lowest BCUT2D eigenvalue weighted by Crippen LogP contribution is -2.53. The molecule has 1 saturated heterocycles. The maximum absolute atomic E-state index is 12.5. The number of primary amides is 1. The maximum Gasteiger partial charge on any atom is 0.223 e. The van der Waals surface area contributed by atoms with E-state index in [4.69, 9.17) is 10.7 Å². The van der Waals surface area contributed by atoms with Crippen molar-refractivity contribution in [3.63, 3.8) is 0 Å². The Labute approximate surface area is 150 Å². The largest absolute Gasteiger partial charge is 0.369 e. The first-order valence-electron chi connectivity index (χ1n) is 9.18. The first-order chi connectivity index (χ1) is 11.8. The summed E-state index contributed by atoms with van der Waals surface area (Å²) in [7, 11) is 2.11. The van der Waals surface area contributed by atoms with E-state index in [2.05, 4.69) is 44.9 Å². The average Bonchev–Trinajstić information content (AvgIpc) is 2.56. The van der Waals surface area contributed by atoms with Crippen molar-refractivity contribution < 1.29 is 4.79 Å². The number of benzene rings is 1. The molecule has 3 rings (SSSR count). The number of pyridine rings is 1. The van der Waals surface area contributed by atoms with Gasteiger partial charge in [-0.05, 0) is 44.3 Å². The van der Waals surface area contributed by atoms with Crippen LogP contribution < -0.4 is 5.73 Å². The molecular formula is C21H29N3O. The smallest absolute Gasteiger partial charge is 0.223 e. The van der Waals surface area contributed by atoms with Crippen molar-refractivity contribution in [1.29, 1.82) is 0 Å². The number of hydrogen-bond donors (Lipinski definition) is 1. The van der Waals surface area contributed by atoms with E-state index in [9.17, 15) is 4.79 Å². The highest BCUT2D eigenvalue weighted by atomic mass is 16.1. The Hall–Kier alpha value is -1.94. The van der Waals surface area contributed by atoms with Gasteiger partial charge >= 0.3 is 0 Å². The Morgan fingerprint density at radius 1 is 1.28 bits per heavy atom. The molecule has 2 unspecified atom stereocenters. The van der Waals surface area contributed by atoms with Gasteiger partial charge in [0.25, 0.3) is 0 Å². The number of nitrogens with two attached hydrogens (primary N) is 1. The van der Waals surface area contributed by atoms with E-state index in [1.165, 1.54) is 11.8 Å². The van der Waals surface area contributed by atoms with Gasteiger partial charge in [0, 0.05) is 23.0 Å². The molecule has 0 saturated carbocycles. The number of rotatable bonds is 4. The van der Waals surface area contributed by atoms with E-state index in [0.29, 0.717) is 0 Å². The molecule has 1 aliphatic heterocycles. The molecule has 4 heteroatoms. The lowest BCUT2D eigenvalue weighted by Gasteiger charge is -2.43. The van der Waals surface area contributed by atoms with E-state index in [-0.39, 0.29) is 17.9 Å². The Balaban J connectivity index is 2.13. The number of carbonyl (C=O) groups is 1. The van der Waals surface area contributed by atoms with Crippen LogP contribution in [0.4, 0.5) is 0 Å². The topological polar surface area (TPSA) is 59.2 Å². The van der Waals surface area contributed by atoms with Crippen LogP contribution in [0, 0.1) is 12.8 Å². The highest BCUT2D eigenvalue weighted by molar-refractivity contribution is 5.89. The van der Waals surface area contributed by atoms with E-state index in [0.717, 1.165) is 36.0 Å². The minimum absolute atomic E-state index is 0.170. The number of piperidine rings is 1. The predicted molar refractivity (Wildman–Crippen MR) is 102 cm³/mol. The minimum atomic E-state index is -0.435. The molecule has 0 radical (unpaired) electrons. The molecule has 0 bridgehead atoms. The number of hydrogen-bond acceptors (Lipinski definition) is 3. The van der Waals surface area contributed by atoms with Crippen LogP contribution >= 0.6 is 0 Å². The molecule has 1 aromatic carbocycles. The summed E-state index contributed by atoms with van der Waals surface area (Å²) in [5.41, 5.74) is 7.62. The van der Waals surface area contributed by atoms with Crippen LogP contribution in [0.2, 0.25) is 0 Å². The summed E-state index contributed by atoms with van der Waals surface area (Å²) in [5, 5.41) is 2.32. The molecule has 0 aliphatic carbocycles. The third kappa shape index (κ3) is 3.15. The lowest BCUT2D eigenvalue weighted by atomic mass is 9.68. The van der Waals surface area contributed by atoms with Crippen LogP contribution in [-0.2, 0) is 10.2 Å². The number of fused-ring (bicyclic) bond motifs is 1. The van der Waals surface area contributed by atoms with Crippen LogP contribution in [0.15, 0.2) is 30.5 Å². The summed E-state index contributed by atoms with van der Waals surface area (Å²) in [6.45, 7) is 7.34. The summed E-state index contributed by atoms with van der Waals surface area (Å²) in [6.07, 6.45) is 5.26. The number of nitrogens with zero attached hydrogens (tertiary/aromatic N) is 2. The zero-order valence-electron chi connectivity index (χ0n) is 15.7. The molecule has 2 aromatic rings. The lowest BCUT2D eigenvalue weighted by molar-refractivity contribution is -0.127. The molecule has 2 heterocycles. The van der Waals surface area contributed by atoms with Gasteiger partial charge in [0.05, 0.1) is 11.6 Å². The van der Waals surface area contributed by atoms with Crippen LogP contribution in [0.5, 0.6) is 0 Å². The second-order valence-corrected chi connectivity index (χ2v) is 7.98. The van der Waals surface area contributed by atoms with Gasteiger partial charge in [-0.2, -0.15) is 0 Å². The molecule has 2 atom stereocenters. The average molecular weight is 339 g/mol. The number of amides is 1. The van der Waals surface area contributed by atoms with Gasteiger partial charge < -0.3 is 10.6 Å². The molecule has 134 valence electrons. The molecule has 1 aliphatic rings. The molecule has 1 amide bonds. The second kappa shape index (κ2) is 6.75. The zero-order valence-corrected chi connectivity index (χ0v) is 15.7. The molecule has 1 fully saturated rings. The molecule has 2 N–H and O–H groups in total. The number of aromatic nitrogens is 1. The Morgan fingerprint density at radius 3 is 2.60 bits per heavy atom. The first kappa shape index (κ1) is 17.9. The van der Waals surface area contributed by atoms with Crippen molar-refractivity contribution in [2.75, 3.05) is 13.6 Å². The normalized spacial score (nSPS) is 20.6. The van der Waals surface area contributed by atoms with Crippen LogP contribution in [0.25, 0.3) is 10.8 Å². The van der Waals surface area contributed by atoms with E-state index in [1.807, 2.05) is 18.3 Å². The van der Waals surface area contributed by atoms with Crippen molar-refractivity contribution in [2.45, 2.75) is 51.5 Å². The maximum atomic E-state index is 12.5. The highest BCUT2D eigenvalue weighted by Crippen LogP contribution is 2.40. The van der Waals surface area contributed by atoms with Crippen LogP contribution in [0.3, 0.4) is 0 Å². The molecule has 0 spiro atoms. The number of aryl methyl sites for hydroxylation is 1. The van der Waals surface area contributed by atoms with E-state index in [1.54, 1.807) is 0 Å². The third-order valence-electron chi connectivity index (χ3n) is 5.90. The summed E-state index contributed by atoms with van der Waals surface area (Å²) in [5.74, 6) is -0.494. The van der Waals surface area contributed by atoms with Crippen LogP contribution in [0.1, 0.15) is 44.4 Å². The number of carbonyl (C=O) groups excluding carboxylic acids is 1. The third-order valence-corrected chi connectivity index (χ3v) is 5.90. The fraction of sp³-hybridized carbons (Fsp3) is 0.524. The number of likely N-dealkylation sites (tertiary alicyclic amines) is 1. The quantitative estimate of drug-likeness (QED) is 0.928. The molecule has 1 aromatic heterocycles. The monoisotopic (exact) mass is 339 g/mol. The SMILES string of the molecule is Cc1cnc(C(C)(C)C(C(N)=O)C2CCCCN2C)c2ccccc12. The summed E-state index contributed by atoms with van der Waals surface area (Å²) in [4.78, 5) is 19.6. The van der Waals surface area contributed by atoms with Gasteiger partial charge in [-0.1, -0.05) is 44.5 Å². The van der Waals surface area contributed by atoms with Crippen molar-refractivity contribution in [3.8, 4) is 0 Å². The van der Waals surface area contributed by atoms with Gasteiger partial charge in [-0.3, -0.25) is 9.78 Å². The van der Waals surface area contributed by atoms with Gasteiger partial charge in [0.15, 0.2) is 0 Å². The molecular weight excluding hydrogens is 310 g/mol. The van der Waals surface area contributed by atoms with Crippen molar-refractivity contribution >= 4 is 16.7 Å². The molecule has 4 nitrogen and oxygen atoms in total. The van der Waals surface area contributed by atoms with E-state index >= 15 is 0 Å². The first-order valence-corrected chi connectivity index (χ1v) is 9.18.